The van der Waals surface area contributed by atoms with E-state index in [1.165, 1.54) is 11.8 Å². The maximum absolute atomic E-state index is 7.00. The molecule has 48 valence electrons. The van der Waals surface area contributed by atoms with E-state index in [2.05, 4.69) is 0 Å². The third kappa shape index (κ3) is 1.48. The van der Waals surface area contributed by atoms with E-state index in [1.54, 1.807) is 25.7 Å². The third-order valence-corrected chi connectivity index (χ3v) is 1.91. The van der Waals surface area contributed by atoms with Gasteiger partial charge in [0.1, 0.15) is 0 Å². The van der Waals surface area contributed by atoms with Crippen molar-refractivity contribution in [3.63, 3.8) is 0 Å². The molecule has 2 fully saturated rings. The Kier molecular flexibility index (Phi) is 1.90. The number of hydrogen-bond donors (Lipinski definition) is 1. The van der Waals surface area contributed by atoms with Gasteiger partial charge in [0.15, 0.2) is 0 Å². The van der Waals surface area contributed by atoms with E-state index in [9.17, 15) is 0 Å². The molecule has 2 aliphatic rings. The monoisotopic (exact) mass is 114 g/mol. The molecular formula is C7H14O. The molecule has 0 aromatic rings. The average molecular weight is 114 g/mol. The van der Waals surface area contributed by atoms with E-state index < -0.39 is 0 Å². The van der Waals surface area contributed by atoms with Crippen LogP contribution in [0.4, 0.5) is 0 Å². The lowest BCUT2D eigenvalue weighted by Crippen LogP contribution is -1.70. The highest BCUT2D eigenvalue weighted by molar-refractivity contribution is 4.89. The van der Waals surface area contributed by atoms with Gasteiger partial charge in [-0.05, 0) is 37.5 Å². The van der Waals surface area contributed by atoms with Crippen LogP contribution in [0.1, 0.15) is 25.7 Å². The zero-order valence-electron chi connectivity index (χ0n) is 5.43. The molecule has 0 saturated heterocycles. The lowest BCUT2D eigenvalue weighted by atomic mass is 10.3. The van der Waals surface area contributed by atoms with E-state index in [-0.39, 0.29) is 0 Å². The fourth-order valence-electron chi connectivity index (χ4n) is 1.14. The quantitative estimate of drug-likeness (QED) is 0.546. The van der Waals surface area contributed by atoms with Crippen LogP contribution < -0.4 is 0 Å². The van der Waals surface area contributed by atoms with Crippen molar-refractivity contribution >= 4 is 0 Å². The van der Waals surface area contributed by atoms with Crippen molar-refractivity contribution in [3.8, 4) is 0 Å². The standard InChI is InChI=1S/C6H10.CH4O/c1-2-5(1)6-3-4-6;1-2/h5-6H,1-4H2;2H,1H3. The Balaban J connectivity index is 0.000000147. The van der Waals surface area contributed by atoms with Crippen molar-refractivity contribution in [1.82, 2.24) is 0 Å². The van der Waals surface area contributed by atoms with Crippen LogP contribution in [0.15, 0.2) is 0 Å². The molecule has 1 N–H and O–H groups in total. The fraction of sp³-hybridized carbons (Fsp3) is 1.00. The molecule has 0 spiro atoms. The first kappa shape index (κ1) is 6.09. The molecule has 2 saturated carbocycles. The topological polar surface area (TPSA) is 20.2 Å². The molecule has 0 bridgehead atoms. The van der Waals surface area contributed by atoms with Gasteiger partial charge in [-0.2, -0.15) is 0 Å². The summed E-state index contributed by atoms with van der Waals surface area (Å²) in [6, 6.07) is 0. The summed E-state index contributed by atoms with van der Waals surface area (Å²) in [6.45, 7) is 0. The van der Waals surface area contributed by atoms with Gasteiger partial charge in [-0.3, -0.25) is 0 Å². The van der Waals surface area contributed by atoms with Gasteiger partial charge in [0, 0.05) is 7.11 Å². The molecule has 0 unspecified atom stereocenters. The molecule has 2 rings (SSSR count). The maximum Gasteiger partial charge on any atom is 0.0319 e. The Morgan fingerprint density at radius 2 is 1.12 bits per heavy atom. The molecule has 1 nitrogen and oxygen atoms in total. The number of rotatable bonds is 1. The van der Waals surface area contributed by atoms with Crippen LogP contribution in [0.3, 0.4) is 0 Å². The molecular weight excluding hydrogens is 100 g/mol. The Labute approximate surface area is 50.7 Å². The Hall–Kier alpha value is -0.0400. The smallest absolute Gasteiger partial charge is 0.0319 e. The van der Waals surface area contributed by atoms with E-state index in [0.29, 0.717) is 0 Å². The van der Waals surface area contributed by atoms with Gasteiger partial charge in [-0.15, -0.1) is 0 Å². The number of aliphatic hydroxyl groups excluding tert-OH is 1. The lowest BCUT2D eigenvalue weighted by molar-refractivity contribution is 0.399. The van der Waals surface area contributed by atoms with Crippen molar-refractivity contribution in [1.29, 1.82) is 0 Å². The first-order chi connectivity index (χ1) is 3.97. The van der Waals surface area contributed by atoms with Crippen LogP contribution in [-0.2, 0) is 0 Å². The highest BCUT2D eigenvalue weighted by atomic mass is 16.2. The predicted molar refractivity (Wildman–Crippen MR) is 33.6 cm³/mol. The summed E-state index contributed by atoms with van der Waals surface area (Å²) in [5.74, 6) is 2.43. The Bertz CT molecular complexity index is 52.8. The Morgan fingerprint density at radius 1 is 0.875 bits per heavy atom. The normalized spacial score (nSPS) is 26.2. The SMILES string of the molecule is C1CC1C1CC1.CO. The van der Waals surface area contributed by atoms with Gasteiger partial charge in [0.05, 0.1) is 0 Å². The van der Waals surface area contributed by atoms with Crippen LogP contribution in [0.5, 0.6) is 0 Å². The van der Waals surface area contributed by atoms with Crippen molar-refractivity contribution in [3.05, 3.63) is 0 Å². The molecule has 0 aromatic heterocycles. The van der Waals surface area contributed by atoms with Gasteiger partial charge in [0.2, 0.25) is 0 Å². The van der Waals surface area contributed by atoms with E-state index >= 15 is 0 Å². The van der Waals surface area contributed by atoms with Gasteiger partial charge < -0.3 is 5.11 Å². The van der Waals surface area contributed by atoms with Gasteiger partial charge in [0.25, 0.3) is 0 Å². The minimum Gasteiger partial charge on any atom is -0.400 e. The van der Waals surface area contributed by atoms with Crippen molar-refractivity contribution in [2.45, 2.75) is 25.7 Å². The average Bonchev–Trinajstić information content (AvgIpc) is 2.66. The minimum absolute atomic E-state index is 1.00. The molecule has 0 radical (unpaired) electrons. The Morgan fingerprint density at radius 3 is 1.25 bits per heavy atom. The molecule has 0 heterocycles. The second-order valence-corrected chi connectivity index (χ2v) is 2.67. The minimum atomic E-state index is 1.00. The summed E-state index contributed by atoms with van der Waals surface area (Å²) in [7, 11) is 1.00. The van der Waals surface area contributed by atoms with Crippen LogP contribution in [0, 0.1) is 11.8 Å². The van der Waals surface area contributed by atoms with Crippen LogP contribution >= 0.6 is 0 Å². The number of aliphatic hydroxyl groups is 1. The summed E-state index contributed by atoms with van der Waals surface area (Å²) in [4.78, 5) is 0. The summed E-state index contributed by atoms with van der Waals surface area (Å²) in [6.07, 6.45) is 6.24. The van der Waals surface area contributed by atoms with Crippen LogP contribution in [-0.4, -0.2) is 12.2 Å². The van der Waals surface area contributed by atoms with Crippen molar-refractivity contribution in [2.75, 3.05) is 7.11 Å². The van der Waals surface area contributed by atoms with Gasteiger partial charge >= 0.3 is 0 Å². The third-order valence-electron chi connectivity index (χ3n) is 1.91. The van der Waals surface area contributed by atoms with E-state index in [0.717, 1.165) is 7.11 Å². The zero-order chi connectivity index (χ0) is 5.98. The highest BCUT2D eigenvalue weighted by Gasteiger charge is 2.37. The number of hydrogen-bond acceptors (Lipinski definition) is 1. The second-order valence-electron chi connectivity index (χ2n) is 2.67. The van der Waals surface area contributed by atoms with Gasteiger partial charge in [-0.1, -0.05) is 0 Å². The van der Waals surface area contributed by atoms with Crippen LogP contribution in [0.2, 0.25) is 0 Å². The highest BCUT2D eigenvalue weighted by Crippen LogP contribution is 2.49. The van der Waals surface area contributed by atoms with Gasteiger partial charge in [-0.25, -0.2) is 0 Å². The lowest BCUT2D eigenvalue weighted by Gasteiger charge is -1.77. The summed E-state index contributed by atoms with van der Waals surface area (Å²) >= 11 is 0. The first-order valence-electron chi connectivity index (χ1n) is 3.41. The second kappa shape index (κ2) is 2.49. The largest absolute Gasteiger partial charge is 0.400 e. The van der Waals surface area contributed by atoms with Crippen LogP contribution in [0.25, 0.3) is 0 Å². The molecule has 0 atom stereocenters. The zero-order valence-corrected chi connectivity index (χ0v) is 5.43. The summed E-state index contributed by atoms with van der Waals surface area (Å²) < 4.78 is 0. The molecule has 1 heteroatoms. The van der Waals surface area contributed by atoms with Crippen molar-refractivity contribution in [2.24, 2.45) is 11.8 Å². The maximum atomic E-state index is 7.00. The first-order valence-corrected chi connectivity index (χ1v) is 3.41. The molecule has 2 aliphatic carbocycles. The fourth-order valence-corrected chi connectivity index (χ4v) is 1.14. The van der Waals surface area contributed by atoms with E-state index in [4.69, 9.17) is 5.11 Å². The predicted octanol–water partition coefficient (Wildman–Crippen LogP) is 1.41. The summed E-state index contributed by atoms with van der Waals surface area (Å²) in [5.41, 5.74) is 0. The summed E-state index contributed by atoms with van der Waals surface area (Å²) in [5, 5.41) is 7.00. The van der Waals surface area contributed by atoms with E-state index in [1.807, 2.05) is 0 Å². The molecule has 0 amide bonds. The van der Waals surface area contributed by atoms with Crippen molar-refractivity contribution < 1.29 is 5.11 Å². The molecule has 8 heavy (non-hydrogen) atoms. The molecule has 0 aliphatic heterocycles. The molecule has 0 aromatic carbocycles.